The molecule has 0 fully saturated rings. The fourth-order valence-electron chi connectivity index (χ4n) is 1.07. The zero-order valence-electron chi connectivity index (χ0n) is 6.87. The predicted octanol–water partition coefficient (Wildman–Crippen LogP) is 1.10. The lowest BCUT2D eigenvalue weighted by molar-refractivity contribution is 0.0695. The minimum Gasteiger partial charge on any atom is -0.478 e. The van der Waals surface area contributed by atoms with Crippen LogP contribution in [0.15, 0.2) is 24.3 Å². The highest BCUT2D eigenvalue weighted by Gasteiger charge is 2.06. The minimum atomic E-state index is -0.874. The Morgan fingerprint density at radius 3 is 2.75 bits per heavy atom. The highest BCUT2D eigenvalue weighted by atomic mass is 16.4. The van der Waals surface area contributed by atoms with Crippen LogP contribution in [0.5, 0.6) is 0 Å². The molecule has 64 valence electrons. The number of benzene rings is 1. The lowest BCUT2D eigenvalue weighted by Crippen LogP contribution is -2.10. The van der Waals surface area contributed by atoms with E-state index in [2.05, 4.69) is 5.32 Å². The number of aromatic carboxylic acids is 1. The molecule has 12 heavy (non-hydrogen) atoms. The summed E-state index contributed by atoms with van der Waals surface area (Å²) in [6, 6.07) is 6.97. The van der Waals surface area contributed by atoms with Crippen LogP contribution in [0, 0.1) is 0 Å². The van der Waals surface area contributed by atoms with Crippen molar-refractivity contribution in [2.45, 2.75) is 6.54 Å². The van der Waals surface area contributed by atoms with Gasteiger partial charge in [-0.3, -0.25) is 0 Å². The molecule has 0 saturated heterocycles. The third-order valence-corrected chi connectivity index (χ3v) is 1.62. The Bertz CT molecular complexity index is 284. The molecule has 0 aliphatic rings. The first-order chi connectivity index (χ1) is 5.75. The van der Waals surface area contributed by atoms with E-state index in [0.717, 1.165) is 5.56 Å². The molecule has 0 saturated carbocycles. The van der Waals surface area contributed by atoms with E-state index in [1.165, 1.54) is 0 Å². The molecular formula is C9H11NO2. The van der Waals surface area contributed by atoms with E-state index in [0.29, 0.717) is 12.1 Å². The van der Waals surface area contributed by atoms with Crippen LogP contribution in [0.25, 0.3) is 0 Å². The van der Waals surface area contributed by atoms with Crippen molar-refractivity contribution in [2.24, 2.45) is 0 Å². The second kappa shape index (κ2) is 3.88. The number of carboxylic acid groups (broad SMARTS) is 1. The van der Waals surface area contributed by atoms with Gasteiger partial charge < -0.3 is 10.4 Å². The minimum absolute atomic E-state index is 0.367. The summed E-state index contributed by atoms with van der Waals surface area (Å²) in [5.41, 5.74) is 1.18. The SMILES string of the molecule is CNCc1ccccc1C(=O)O. The van der Waals surface area contributed by atoms with Crippen LogP contribution in [0.4, 0.5) is 0 Å². The summed E-state index contributed by atoms with van der Waals surface area (Å²) in [7, 11) is 1.79. The van der Waals surface area contributed by atoms with Crippen LogP contribution < -0.4 is 5.32 Å². The quantitative estimate of drug-likeness (QED) is 0.705. The summed E-state index contributed by atoms with van der Waals surface area (Å²) in [6.45, 7) is 0.586. The van der Waals surface area contributed by atoms with Crippen molar-refractivity contribution >= 4 is 5.97 Å². The monoisotopic (exact) mass is 165 g/mol. The summed E-state index contributed by atoms with van der Waals surface area (Å²) < 4.78 is 0. The van der Waals surface area contributed by atoms with Crippen LogP contribution in [0.1, 0.15) is 15.9 Å². The third-order valence-electron chi connectivity index (χ3n) is 1.62. The number of carboxylic acids is 1. The maximum absolute atomic E-state index is 10.7. The molecule has 1 aromatic carbocycles. The van der Waals surface area contributed by atoms with Gasteiger partial charge in [0, 0.05) is 6.54 Å². The van der Waals surface area contributed by atoms with Gasteiger partial charge in [-0.05, 0) is 18.7 Å². The van der Waals surface area contributed by atoms with E-state index in [1.807, 2.05) is 6.07 Å². The summed E-state index contributed by atoms with van der Waals surface area (Å²) in [6.07, 6.45) is 0. The summed E-state index contributed by atoms with van der Waals surface area (Å²) in [5.74, 6) is -0.874. The van der Waals surface area contributed by atoms with Crippen LogP contribution in [-0.4, -0.2) is 18.1 Å². The Balaban J connectivity index is 3.00. The normalized spacial score (nSPS) is 9.75. The molecule has 2 N–H and O–H groups in total. The van der Waals surface area contributed by atoms with Crippen molar-refractivity contribution in [1.29, 1.82) is 0 Å². The van der Waals surface area contributed by atoms with E-state index >= 15 is 0 Å². The van der Waals surface area contributed by atoms with Gasteiger partial charge in [0.2, 0.25) is 0 Å². The van der Waals surface area contributed by atoms with Crippen LogP contribution >= 0.6 is 0 Å². The lowest BCUT2D eigenvalue weighted by Gasteiger charge is -2.03. The smallest absolute Gasteiger partial charge is 0.336 e. The summed E-state index contributed by atoms with van der Waals surface area (Å²) in [5, 5.41) is 11.7. The first-order valence-corrected chi connectivity index (χ1v) is 3.71. The maximum atomic E-state index is 10.7. The van der Waals surface area contributed by atoms with Gasteiger partial charge in [0.25, 0.3) is 0 Å². The van der Waals surface area contributed by atoms with Gasteiger partial charge >= 0.3 is 5.97 Å². The van der Waals surface area contributed by atoms with Gasteiger partial charge in [-0.25, -0.2) is 4.79 Å². The molecule has 1 aromatic rings. The average Bonchev–Trinajstić information content (AvgIpc) is 2.05. The Morgan fingerprint density at radius 2 is 2.17 bits per heavy atom. The molecule has 0 aromatic heterocycles. The Morgan fingerprint density at radius 1 is 1.50 bits per heavy atom. The number of hydrogen-bond donors (Lipinski definition) is 2. The second-order valence-electron chi connectivity index (χ2n) is 2.49. The molecular weight excluding hydrogens is 154 g/mol. The Hall–Kier alpha value is -1.35. The highest BCUT2D eigenvalue weighted by Crippen LogP contribution is 2.07. The largest absolute Gasteiger partial charge is 0.478 e. The topological polar surface area (TPSA) is 49.3 Å². The molecule has 0 spiro atoms. The molecule has 0 aliphatic heterocycles. The van der Waals surface area contributed by atoms with Crippen LogP contribution in [-0.2, 0) is 6.54 Å². The van der Waals surface area contributed by atoms with Crippen molar-refractivity contribution in [1.82, 2.24) is 5.32 Å². The highest BCUT2D eigenvalue weighted by molar-refractivity contribution is 5.89. The standard InChI is InChI=1S/C9H11NO2/c1-10-6-7-4-2-3-5-8(7)9(11)12/h2-5,10H,6H2,1H3,(H,11,12). The third kappa shape index (κ3) is 1.83. The van der Waals surface area contributed by atoms with Crippen LogP contribution in [0.3, 0.4) is 0 Å². The first-order valence-electron chi connectivity index (χ1n) is 3.71. The molecule has 3 heteroatoms. The van der Waals surface area contributed by atoms with Gasteiger partial charge in [0.1, 0.15) is 0 Å². The van der Waals surface area contributed by atoms with Crippen molar-refractivity contribution in [3.63, 3.8) is 0 Å². The second-order valence-corrected chi connectivity index (χ2v) is 2.49. The number of rotatable bonds is 3. The van der Waals surface area contributed by atoms with Gasteiger partial charge in [0.15, 0.2) is 0 Å². The number of carbonyl (C=O) groups is 1. The van der Waals surface area contributed by atoms with Gasteiger partial charge in [-0.2, -0.15) is 0 Å². The molecule has 0 heterocycles. The lowest BCUT2D eigenvalue weighted by atomic mass is 10.1. The van der Waals surface area contributed by atoms with Crippen molar-refractivity contribution in [3.05, 3.63) is 35.4 Å². The van der Waals surface area contributed by atoms with Gasteiger partial charge in [-0.15, -0.1) is 0 Å². The van der Waals surface area contributed by atoms with Crippen molar-refractivity contribution in [3.8, 4) is 0 Å². The summed E-state index contributed by atoms with van der Waals surface area (Å²) in [4.78, 5) is 10.7. The Labute approximate surface area is 71.0 Å². The van der Waals surface area contributed by atoms with E-state index in [4.69, 9.17) is 5.11 Å². The summed E-state index contributed by atoms with van der Waals surface area (Å²) >= 11 is 0. The molecule has 0 radical (unpaired) electrons. The van der Waals surface area contributed by atoms with Gasteiger partial charge in [0.05, 0.1) is 5.56 Å². The molecule has 0 bridgehead atoms. The maximum Gasteiger partial charge on any atom is 0.336 e. The van der Waals surface area contributed by atoms with Gasteiger partial charge in [-0.1, -0.05) is 18.2 Å². The molecule has 0 amide bonds. The first kappa shape index (κ1) is 8.74. The van der Waals surface area contributed by atoms with E-state index in [-0.39, 0.29) is 0 Å². The van der Waals surface area contributed by atoms with Crippen molar-refractivity contribution < 1.29 is 9.90 Å². The Kier molecular flexibility index (Phi) is 2.82. The zero-order valence-corrected chi connectivity index (χ0v) is 6.87. The van der Waals surface area contributed by atoms with E-state index in [9.17, 15) is 4.79 Å². The van der Waals surface area contributed by atoms with E-state index < -0.39 is 5.97 Å². The molecule has 1 rings (SSSR count). The van der Waals surface area contributed by atoms with E-state index in [1.54, 1.807) is 25.2 Å². The fraction of sp³-hybridized carbons (Fsp3) is 0.222. The number of nitrogens with one attached hydrogen (secondary N) is 1. The molecule has 3 nitrogen and oxygen atoms in total. The molecule has 0 aliphatic carbocycles. The zero-order chi connectivity index (χ0) is 8.97. The average molecular weight is 165 g/mol. The fourth-order valence-corrected chi connectivity index (χ4v) is 1.07. The predicted molar refractivity (Wildman–Crippen MR) is 46.2 cm³/mol. The molecule has 0 unspecified atom stereocenters. The van der Waals surface area contributed by atoms with Crippen molar-refractivity contribution in [2.75, 3.05) is 7.05 Å². The number of hydrogen-bond acceptors (Lipinski definition) is 2. The molecule has 0 atom stereocenters. The van der Waals surface area contributed by atoms with Crippen LogP contribution in [0.2, 0.25) is 0 Å².